The molecule has 2 aromatic carbocycles. The Labute approximate surface area is 148 Å². The van der Waals surface area contributed by atoms with Crippen molar-refractivity contribution >= 4 is 27.5 Å². The number of methoxy groups -OCH3 is 1. The van der Waals surface area contributed by atoms with Gasteiger partial charge in [-0.2, -0.15) is 0 Å². The Balaban J connectivity index is 2.20. The normalized spacial score (nSPS) is 22.3. The van der Waals surface area contributed by atoms with Crippen molar-refractivity contribution in [3.05, 3.63) is 57.1 Å². The largest absolute Gasteiger partial charge is 0.465 e. The molecule has 0 amide bonds. The molecule has 4 rings (SSSR count). The fraction of sp³-hybridized carbons (Fsp3) is 0.316. The van der Waals surface area contributed by atoms with E-state index < -0.39 is 22.8 Å². The Kier molecular flexibility index (Phi) is 3.52. The SMILES string of the molecule is COC(=O)[C@@]1(O)CC[C@@H](C)n2c(=O)c3cc4ccccc4cc3c(=O)n21. The van der Waals surface area contributed by atoms with E-state index in [2.05, 4.69) is 0 Å². The first-order chi connectivity index (χ1) is 12.4. The summed E-state index contributed by atoms with van der Waals surface area (Å²) < 4.78 is 6.75. The van der Waals surface area contributed by atoms with E-state index in [0.717, 1.165) is 22.6 Å². The molecule has 3 aromatic rings. The second-order valence-electron chi connectivity index (χ2n) is 6.71. The van der Waals surface area contributed by atoms with E-state index in [4.69, 9.17) is 4.74 Å². The summed E-state index contributed by atoms with van der Waals surface area (Å²) in [5, 5.41) is 13.0. The van der Waals surface area contributed by atoms with Gasteiger partial charge in [0.25, 0.3) is 16.8 Å². The molecule has 7 heteroatoms. The smallest absolute Gasteiger partial charge is 0.361 e. The van der Waals surface area contributed by atoms with Crippen LogP contribution in [-0.4, -0.2) is 27.5 Å². The summed E-state index contributed by atoms with van der Waals surface area (Å²) in [5.41, 5.74) is -3.21. The number of hydrogen-bond donors (Lipinski definition) is 1. The van der Waals surface area contributed by atoms with E-state index in [1.54, 1.807) is 19.1 Å². The summed E-state index contributed by atoms with van der Waals surface area (Å²) in [6.07, 6.45) is 0.364. The van der Waals surface area contributed by atoms with Gasteiger partial charge in [-0.25, -0.2) is 14.2 Å². The standard InChI is InChI=1S/C19H18N2O5/c1-11-7-8-19(25,18(24)26-2)21-17(23)15-10-13-6-4-3-5-12(13)9-14(15)16(22)20(11)21/h3-6,9-11,25H,7-8H2,1-2H3/t11-,19+/m1/s1. The molecule has 0 bridgehead atoms. The van der Waals surface area contributed by atoms with Crippen LogP contribution in [-0.2, 0) is 15.3 Å². The van der Waals surface area contributed by atoms with Gasteiger partial charge in [-0.1, -0.05) is 24.3 Å². The molecular weight excluding hydrogens is 336 g/mol. The fourth-order valence-corrected chi connectivity index (χ4v) is 3.75. The van der Waals surface area contributed by atoms with Crippen LogP contribution in [0.2, 0.25) is 0 Å². The maximum atomic E-state index is 13.2. The third-order valence-electron chi connectivity index (χ3n) is 5.15. The zero-order valence-corrected chi connectivity index (χ0v) is 14.4. The Bertz CT molecular complexity index is 1180. The second-order valence-corrected chi connectivity index (χ2v) is 6.71. The van der Waals surface area contributed by atoms with Crippen molar-refractivity contribution in [2.24, 2.45) is 0 Å². The minimum absolute atomic E-state index is 0.000720. The predicted octanol–water partition coefficient (Wildman–Crippen LogP) is 1.49. The quantitative estimate of drug-likeness (QED) is 0.528. The summed E-state index contributed by atoms with van der Waals surface area (Å²) in [6, 6.07) is 10.4. The van der Waals surface area contributed by atoms with Crippen LogP contribution in [0.4, 0.5) is 0 Å². The van der Waals surface area contributed by atoms with Gasteiger partial charge in [-0.3, -0.25) is 9.59 Å². The molecule has 0 saturated heterocycles. The molecule has 1 aliphatic heterocycles. The number of nitrogens with zero attached hydrogens (tertiary/aromatic N) is 2. The van der Waals surface area contributed by atoms with Gasteiger partial charge in [-0.15, -0.1) is 0 Å². The fourth-order valence-electron chi connectivity index (χ4n) is 3.75. The molecule has 134 valence electrons. The average Bonchev–Trinajstić information content (AvgIpc) is 2.66. The monoisotopic (exact) mass is 354 g/mol. The number of fused-ring (bicyclic) bond motifs is 3. The van der Waals surface area contributed by atoms with Crippen LogP contribution >= 0.6 is 0 Å². The molecule has 0 spiro atoms. The molecule has 0 saturated carbocycles. The van der Waals surface area contributed by atoms with Crippen molar-refractivity contribution in [2.75, 3.05) is 7.11 Å². The van der Waals surface area contributed by atoms with Crippen LogP contribution in [0.5, 0.6) is 0 Å². The molecule has 7 nitrogen and oxygen atoms in total. The maximum absolute atomic E-state index is 13.2. The number of hydrogen-bond acceptors (Lipinski definition) is 5. The Hall–Kier alpha value is -2.93. The molecule has 26 heavy (non-hydrogen) atoms. The molecule has 0 unspecified atom stereocenters. The lowest BCUT2D eigenvalue weighted by atomic mass is 9.99. The number of esters is 1. The van der Waals surface area contributed by atoms with Gasteiger partial charge in [0.05, 0.1) is 23.9 Å². The molecule has 0 fully saturated rings. The van der Waals surface area contributed by atoms with Crippen molar-refractivity contribution in [3.63, 3.8) is 0 Å². The Morgan fingerprint density at radius 2 is 1.73 bits per heavy atom. The van der Waals surface area contributed by atoms with Crippen molar-refractivity contribution in [1.82, 2.24) is 9.36 Å². The van der Waals surface area contributed by atoms with Gasteiger partial charge in [0.15, 0.2) is 0 Å². The topological polar surface area (TPSA) is 90.5 Å². The molecule has 0 radical (unpaired) electrons. The van der Waals surface area contributed by atoms with Crippen molar-refractivity contribution in [3.8, 4) is 0 Å². The summed E-state index contributed by atoms with van der Waals surface area (Å²) in [4.78, 5) is 38.5. The molecule has 0 aliphatic carbocycles. The van der Waals surface area contributed by atoms with E-state index in [9.17, 15) is 19.5 Å². The van der Waals surface area contributed by atoms with Crippen LogP contribution in [0.3, 0.4) is 0 Å². The summed E-state index contributed by atoms with van der Waals surface area (Å²) in [7, 11) is 1.14. The van der Waals surface area contributed by atoms with Gasteiger partial charge in [0.1, 0.15) is 0 Å². The van der Waals surface area contributed by atoms with E-state index in [-0.39, 0.29) is 23.2 Å². The molecule has 1 N–H and O–H groups in total. The summed E-state index contributed by atoms with van der Waals surface area (Å²) in [5.74, 6) is -0.959. The molecule has 2 atom stereocenters. The number of carbonyl (C=O) groups is 1. The van der Waals surface area contributed by atoms with Crippen LogP contribution in [0, 0.1) is 0 Å². The highest BCUT2D eigenvalue weighted by Crippen LogP contribution is 2.30. The molecule has 2 heterocycles. The number of ether oxygens (including phenoxy) is 1. The first kappa shape index (κ1) is 16.5. The van der Waals surface area contributed by atoms with E-state index in [1.807, 2.05) is 24.3 Å². The zero-order valence-electron chi connectivity index (χ0n) is 14.4. The highest BCUT2D eigenvalue weighted by molar-refractivity contribution is 5.97. The predicted molar refractivity (Wildman–Crippen MR) is 96.1 cm³/mol. The molecular formula is C19H18N2O5. The maximum Gasteiger partial charge on any atom is 0.361 e. The zero-order chi connectivity index (χ0) is 18.6. The lowest BCUT2D eigenvalue weighted by molar-refractivity contribution is -0.185. The van der Waals surface area contributed by atoms with Crippen LogP contribution in [0.15, 0.2) is 46.0 Å². The Morgan fingerprint density at radius 3 is 2.31 bits per heavy atom. The molecule has 1 aliphatic rings. The lowest BCUT2D eigenvalue weighted by Gasteiger charge is -2.37. The highest BCUT2D eigenvalue weighted by Gasteiger charge is 2.46. The molecule has 1 aromatic heterocycles. The third-order valence-corrected chi connectivity index (χ3v) is 5.15. The second kappa shape index (κ2) is 5.54. The average molecular weight is 354 g/mol. The number of aliphatic hydroxyl groups is 1. The summed E-state index contributed by atoms with van der Waals surface area (Å²) >= 11 is 0. The van der Waals surface area contributed by atoms with Crippen LogP contribution in [0.1, 0.15) is 25.8 Å². The first-order valence-electron chi connectivity index (χ1n) is 8.40. The minimum atomic E-state index is -2.20. The van der Waals surface area contributed by atoms with Gasteiger partial charge >= 0.3 is 5.97 Å². The van der Waals surface area contributed by atoms with Gasteiger partial charge in [0.2, 0.25) is 0 Å². The number of carbonyl (C=O) groups excluding carboxylic acids is 1. The van der Waals surface area contributed by atoms with E-state index in [0.29, 0.717) is 6.42 Å². The Morgan fingerprint density at radius 1 is 1.15 bits per heavy atom. The van der Waals surface area contributed by atoms with Crippen molar-refractivity contribution < 1.29 is 14.6 Å². The highest BCUT2D eigenvalue weighted by atomic mass is 16.5. The lowest BCUT2D eigenvalue weighted by Crippen LogP contribution is -2.58. The number of rotatable bonds is 1. The van der Waals surface area contributed by atoms with Crippen molar-refractivity contribution in [1.29, 1.82) is 0 Å². The van der Waals surface area contributed by atoms with Gasteiger partial charge in [-0.05, 0) is 36.2 Å². The van der Waals surface area contributed by atoms with Crippen LogP contribution in [0.25, 0.3) is 21.5 Å². The minimum Gasteiger partial charge on any atom is -0.465 e. The van der Waals surface area contributed by atoms with E-state index in [1.165, 1.54) is 4.68 Å². The van der Waals surface area contributed by atoms with Gasteiger partial charge < -0.3 is 9.84 Å². The summed E-state index contributed by atoms with van der Waals surface area (Å²) in [6.45, 7) is 1.78. The first-order valence-corrected chi connectivity index (χ1v) is 8.40. The third kappa shape index (κ3) is 2.07. The van der Waals surface area contributed by atoms with Crippen molar-refractivity contribution in [2.45, 2.75) is 31.5 Å². The van der Waals surface area contributed by atoms with Crippen LogP contribution < -0.4 is 11.1 Å². The number of aromatic nitrogens is 2. The van der Waals surface area contributed by atoms with Gasteiger partial charge in [0, 0.05) is 6.42 Å². The number of benzene rings is 2. The van der Waals surface area contributed by atoms with E-state index >= 15 is 0 Å².